The lowest BCUT2D eigenvalue weighted by molar-refractivity contribution is 0.401. The van der Waals surface area contributed by atoms with Gasteiger partial charge in [-0.2, -0.15) is 0 Å². The Kier molecular flexibility index (Phi) is 7.49. The first kappa shape index (κ1) is 18.3. The van der Waals surface area contributed by atoms with Crippen LogP contribution in [0.1, 0.15) is 39.5 Å². The van der Waals surface area contributed by atoms with Crippen molar-refractivity contribution in [3.63, 3.8) is 0 Å². The van der Waals surface area contributed by atoms with Crippen LogP contribution in [0, 0.1) is 5.92 Å². The molecule has 21 heavy (non-hydrogen) atoms. The van der Waals surface area contributed by atoms with Gasteiger partial charge in [0.1, 0.15) is 10.6 Å². The third-order valence-corrected chi connectivity index (χ3v) is 5.20. The fourth-order valence-corrected chi connectivity index (χ4v) is 3.65. The Morgan fingerprint density at radius 2 is 2.05 bits per heavy atom. The average molecular weight is 334 g/mol. The summed E-state index contributed by atoms with van der Waals surface area (Å²) in [5, 5.41) is 0.370. The first-order valence-electron chi connectivity index (χ1n) is 7.27. The van der Waals surface area contributed by atoms with Crippen molar-refractivity contribution in [2.24, 2.45) is 5.92 Å². The van der Waals surface area contributed by atoms with E-state index in [9.17, 15) is 8.42 Å². The summed E-state index contributed by atoms with van der Waals surface area (Å²) in [7, 11) is -2.17. The van der Waals surface area contributed by atoms with E-state index >= 15 is 0 Å². The first-order valence-corrected chi connectivity index (χ1v) is 9.13. The van der Waals surface area contributed by atoms with Crippen molar-refractivity contribution in [3.05, 3.63) is 23.2 Å². The van der Waals surface area contributed by atoms with Crippen LogP contribution in [0.3, 0.4) is 0 Å². The standard InChI is InChI=1S/C15H24ClNO3S/c1-4-6-7-12(5-2)11-17-21(18,19)15-10-13(16)8-9-14(15)20-3/h8-10,12,17H,4-7,11H2,1-3H3/t12-/m1/s1. The number of sulfonamides is 1. The van der Waals surface area contributed by atoms with Crippen molar-refractivity contribution in [1.29, 1.82) is 0 Å². The Morgan fingerprint density at radius 1 is 1.33 bits per heavy atom. The van der Waals surface area contributed by atoms with E-state index in [-0.39, 0.29) is 4.90 Å². The van der Waals surface area contributed by atoms with Crippen LogP contribution in [0.25, 0.3) is 0 Å². The molecule has 120 valence electrons. The molecule has 6 heteroatoms. The van der Waals surface area contributed by atoms with E-state index in [0.717, 1.165) is 25.7 Å². The number of ether oxygens (including phenoxy) is 1. The number of hydrogen-bond donors (Lipinski definition) is 1. The molecule has 0 bridgehead atoms. The van der Waals surface area contributed by atoms with Crippen molar-refractivity contribution in [1.82, 2.24) is 4.72 Å². The van der Waals surface area contributed by atoms with E-state index in [1.807, 2.05) is 0 Å². The maximum atomic E-state index is 12.4. The molecule has 0 aliphatic carbocycles. The van der Waals surface area contributed by atoms with Gasteiger partial charge in [-0.25, -0.2) is 13.1 Å². The second kappa shape index (κ2) is 8.61. The lowest BCUT2D eigenvalue weighted by atomic mass is 10.00. The number of nitrogens with one attached hydrogen (secondary N) is 1. The molecule has 1 aromatic carbocycles. The van der Waals surface area contributed by atoms with E-state index < -0.39 is 10.0 Å². The van der Waals surface area contributed by atoms with Crippen LogP contribution in [0.2, 0.25) is 5.02 Å². The molecule has 1 N–H and O–H groups in total. The van der Waals surface area contributed by atoms with Gasteiger partial charge < -0.3 is 4.74 Å². The van der Waals surface area contributed by atoms with E-state index in [0.29, 0.717) is 23.2 Å². The van der Waals surface area contributed by atoms with Gasteiger partial charge in [0.25, 0.3) is 0 Å². The Hall–Kier alpha value is -0.780. The van der Waals surface area contributed by atoms with Crippen molar-refractivity contribution < 1.29 is 13.2 Å². The highest BCUT2D eigenvalue weighted by Gasteiger charge is 2.21. The summed E-state index contributed by atoms with van der Waals surface area (Å²) >= 11 is 5.89. The molecule has 0 unspecified atom stereocenters. The largest absolute Gasteiger partial charge is 0.495 e. The molecule has 0 saturated heterocycles. The highest BCUT2D eigenvalue weighted by Crippen LogP contribution is 2.27. The molecule has 0 saturated carbocycles. The van der Waals surface area contributed by atoms with Gasteiger partial charge in [0, 0.05) is 11.6 Å². The zero-order valence-corrected chi connectivity index (χ0v) is 14.4. The van der Waals surface area contributed by atoms with Crippen LogP contribution in [-0.4, -0.2) is 22.1 Å². The number of halogens is 1. The predicted octanol–water partition coefficient (Wildman–Crippen LogP) is 3.84. The van der Waals surface area contributed by atoms with Crippen LogP contribution < -0.4 is 9.46 Å². The van der Waals surface area contributed by atoms with Crippen molar-refractivity contribution >= 4 is 21.6 Å². The normalized spacial score (nSPS) is 13.1. The molecule has 0 heterocycles. The number of hydrogen-bond acceptors (Lipinski definition) is 3. The Morgan fingerprint density at radius 3 is 2.62 bits per heavy atom. The molecule has 1 rings (SSSR count). The second-order valence-corrected chi connectivity index (χ2v) is 7.24. The number of rotatable bonds is 9. The van der Waals surface area contributed by atoms with E-state index in [1.54, 1.807) is 12.1 Å². The number of methoxy groups -OCH3 is 1. The molecule has 0 fully saturated rings. The molecule has 1 aromatic rings. The summed E-state index contributed by atoms with van der Waals surface area (Å²) in [5.74, 6) is 0.651. The summed E-state index contributed by atoms with van der Waals surface area (Å²) in [6, 6.07) is 4.58. The lowest BCUT2D eigenvalue weighted by Gasteiger charge is -2.16. The van der Waals surface area contributed by atoms with Gasteiger partial charge in [0.05, 0.1) is 7.11 Å². The second-order valence-electron chi connectivity index (χ2n) is 5.06. The van der Waals surface area contributed by atoms with Gasteiger partial charge in [0.2, 0.25) is 10.0 Å². The van der Waals surface area contributed by atoms with Gasteiger partial charge in [-0.15, -0.1) is 0 Å². The van der Waals surface area contributed by atoms with Crippen LogP contribution >= 0.6 is 11.6 Å². The Labute approximate surface area is 132 Å². The minimum absolute atomic E-state index is 0.0860. The molecule has 0 aromatic heterocycles. The zero-order valence-electron chi connectivity index (χ0n) is 12.9. The zero-order chi connectivity index (χ0) is 15.9. The quantitative estimate of drug-likeness (QED) is 0.747. The minimum atomic E-state index is -3.62. The molecular weight excluding hydrogens is 310 g/mol. The molecule has 0 aliphatic heterocycles. The van der Waals surface area contributed by atoms with Crippen LogP contribution in [0.5, 0.6) is 5.75 Å². The fraction of sp³-hybridized carbons (Fsp3) is 0.600. The van der Waals surface area contributed by atoms with Gasteiger partial charge in [-0.3, -0.25) is 0 Å². The summed E-state index contributed by atoms with van der Waals surface area (Å²) in [4.78, 5) is 0.0860. The van der Waals surface area contributed by atoms with Crippen molar-refractivity contribution in [2.75, 3.05) is 13.7 Å². The third-order valence-electron chi connectivity index (χ3n) is 3.52. The lowest BCUT2D eigenvalue weighted by Crippen LogP contribution is -2.29. The summed E-state index contributed by atoms with van der Waals surface area (Å²) in [5.41, 5.74) is 0. The molecule has 0 spiro atoms. The summed E-state index contributed by atoms with van der Waals surface area (Å²) in [6.07, 6.45) is 4.21. The van der Waals surface area contributed by atoms with E-state index in [2.05, 4.69) is 18.6 Å². The van der Waals surface area contributed by atoms with Gasteiger partial charge in [-0.05, 0) is 30.5 Å². The molecule has 0 radical (unpaired) electrons. The van der Waals surface area contributed by atoms with Crippen LogP contribution in [-0.2, 0) is 10.0 Å². The number of benzene rings is 1. The first-order chi connectivity index (χ1) is 9.94. The smallest absolute Gasteiger partial charge is 0.244 e. The fourth-order valence-electron chi connectivity index (χ4n) is 2.11. The topological polar surface area (TPSA) is 55.4 Å². The maximum absolute atomic E-state index is 12.4. The monoisotopic (exact) mass is 333 g/mol. The molecule has 1 atom stereocenters. The van der Waals surface area contributed by atoms with E-state index in [1.165, 1.54) is 13.2 Å². The average Bonchev–Trinajstić information content (AvgIpc) is 2.47. The van der Waals surface area contributed by atoms with Crippen LogP contribution in [0.15, 0.2) is 23.1 Å². The summed E-state index contributed by atoms with van der Waals surface area (Å²) in [6.45, 7) is 4.65. The highest BCUT2D eigenvalue weighted by molar-refractivity contribution is 7.89. The predicted molar refractivity (Wildman–Crippen MR) is 86.5 cm³/mol. The third kappa shape index (κ3) is 5.49. The Balaban J connectivity index is 2.84. The van der Waals surface area contributed by atoms with Crippen molar-refractivity contribution in [2.45, 2.75) is 44.4 Å². The van der Waals surface area contributed by atoms with Crippen molar-refractivity contribution in [3.8, 4) is 5.75 Å². The van der Waals surface area contributed by atoms with E-state index in [4.69, 9.17) is 16.3 Å². The molecular formula is C15H24ClNO3S. The maximum Gasteiger partial charge on any atom is 0.244 e. The molecule has 0 aliphatic rings. The van der Waals surface area contributed by atoms with Gasteiger partial charge in [-0.1, -0.05) is 44.7 Å². The minimum Gasteiger partial charge on any atom is -0.495 e. The molecule has 0 amide bonds. The molecule has 4 nitrogen and oxygen atoms in total. The number of unbranched alkanes of at least 4 members (excludes halogenated alkanes) is 1. The Bertz CT molecular complexity index is 546. The van der Waals surface area contributed by atoms with Crippen LogP contribution in [0.4, 0.5) is 0 Å². The van der Waals surface area contributed by atoms with Gasteiger partial charge >= 0.3 is 0 Å². The van der Waals surface area contributed by atoms with Gasteiger partial charge in [0.15, 0.2) is 0 Å². The highest BCUT2D eigenvalue weighted by atomic mass is 35.5. The SMILES string of the molecule is CCCC[C@@H](CC)CNS(=O)(=O)c1cc(Cl)ccc1OC. The summed E-state index contributed by atoms with van der Waals surface area (Å²) < 4.78 is 32.6.